The fourth-order valence-corrected chi connectivity index (χ4v) is 3.90. The molecule has 1 nitrogen and oxygen atoms in total. The van der Waals surface area contributed by atoms with E-state index in [1.807, 2.05) is 11.3 Å². The number of hydrogen-bond donors (Lipinski definition) is 1. The van der Waals surface area contributed by atoms with Gasteiger partial charge in [-0.1, -0.05) is 46.5 Å². The van der Waals surface area contributed by atoms with Gasteiger partial charge in [-0.25, -0.2) is 0 Å². The molecule has 0 bridgehead atoms. The summed E-state index contributed by atoms with van der Waals surface area (Å²) in [5.41, 5.74) is 1.50. The maximum absolute atomic E-state index is 3.74. The van der Waals surface area contributed by atoms with E-state index in [0.29, 0.717) is 6.04 Å². The van der Waals surface area contributed by atoms with Crippen LogP contribution in [0.15, 0.2) is 11.4 Å². The third kappa shape index (κ3) is 6.58. The Kier molecular flexibility index (Phi) is 9.33. The second-order valence-corrected chi connectivity index (χ2v) is 8.15. The second-order valence-electron chi connectivity index (χ2n) is 5.34. The molecular formula is C16H28INS. The van der Waals surface area contributed by atoms with Gasteiger partial charge in [0.2, 0.25) is 0 Å². The van der Waals surface area contributed by atoms with Gasteiger partial charge in [0.25, 0.3) is 0 Å². The van der Waals surface area contributed by atoms with Crippen molar-refractivity contribution in [1.82, 2.24) is 5.32 Å². The van der Waals surface area contributed by atoms with Crippen LogP contribution in [0, 0.1) is 8.80 Å². The van der Waals surface area contributed by atoms with Crippen molar-refractivity contribution >= 4 is 33.9 Å². The monoisotopic (exact) mass is 393 g/mol. The predicted molar refractivity (Wildman–Crippen MR) is 96.0 cm³/mol. The fourth-order valence-electron chi connectivity index (χ4n) is 2.48. The van der Waals surface area contributed by atoms with Crippen molar-refractivity contribution < 1.29 is 0 Å². The van der Waals surface area contributed by atoms with Crippen LogP contribution in [0.3, 0.4) is 0 Å². The molecule has 0 saturated carbocycles. The molecule has 0 aliphatic heterocycles. The highest BCUT2D eigenvalue weighted by Crippen LogP contribution is 2.30. The summed E-state index contributed by atoms with van der Waals surface area (Å²) in [6.07, 6.45) is 7.90. The summed E-state index contributed by atoms with van der Waals surface area (Å²) in [5.74, 6) is 0.867. The second kappa shape index (κ2) is 10.2. The zero-order valence-corrected chi connectivity index (χ0v) is 15.5. The van der Waals surface area contributed by atoms with Crippen LogP contribution in [0.25, 0.3) is 0 Å². The first-order valence-electron chi connectivity index (χ1n) is 7.68. The van der Waals surface area contributed by atoms with Gasteiger partial charge in [0.15, 0.2) is 0 Å². The smallest absolute Gasteiger partial charge is 0.0656 e. The Morgan fingerprint density at radius 2 is 2.05 bits per heavy atom. The highest BCUT2D eigenvalue weighted by atomic mass is 127. The number of nitrogens with one attached hydrogen (secondary N) is 1. The zero-order valence-electron chi connectivity index (χ0n) is 12.5. The predicted octanol–water partition coefficient (Wildman–Crippen LogP) is 6.00. The van der Waals surface area contributed by atoms with Crippen molar-refractivity contribution in [1.29, 1.82) is 0 Å². The van der Waals surface area contributed by atoms with E-state index in [0.717, 1.165) is 12.5 Å². The average molecular weight is 393 g/mol. The van der Waals surface area contributed by atoms with Crippen LogP contribution in [0.1, 0.15) is 70.9 Å². The van der Waals surface area contributed by atoms with E-state index >= 15 is 0 Å². The molecule has 1 rings (SSSR count). The maximum atomic E-state index is 3.74. The van der Waals surface area contributed by atoms with E-state index in [2.05, 4.69) is 60.1 Å². The van der Waals surface area contributed by atoms with Crippen LogP contribution < -0.4 is 5.32 Å². The lowest BCUT2D eigenvalue weighted by molar-refractivity contribution is 0.354. The minimum atomic E-state index is 0.557. The Balaban J connectivity index is 2.62. The van der Waals surface area contributed by atoms with Gasteiger partial charge in [-0.2, -0.15) is 0 Å². The number of unbranched alkanes of at least 4 members (excludes halogenated alkanes) is 1. The molecule has 0 spiro atoms. The first-order valence-corrected chi connectivity index (χ1v) is 9.64. The zero-order chi connectivity index (χ0) is 14.1. The summed E-state index contributed by atoms with van der Waals surface area (Å²) in [6.45, 7) is 8.01. The van der Waals surface area contributed by atoms with Gasteiger partial charge >= 0.3 is 0 Å². The first kappa shape index (κ1) is 17.4. The number of rotatable bonds is 10. The SMILES string of the molecule is CCCCC(CC)CC(NCCC)c1csc(I)c1. The van der Waals surface area contributed by atoms with Crippen LogP contribution >= 0.6 is 33.9 Å². The molecule has 1 heterocycles. The molecular weight excluding hydrogens is 365 g/mol. The Morgan fingerprint density at radius 1 is 1.26 bits per heavy atom. The lowest BCUT2D eigenvalue weighted by Crippen LogP contribution is -2.24. The maximum Gasteiger partial charge on any atom is 0.0656 e. The van der Waals surface area contributed by atoms with Crippen molar-refractivity contribution in [2.75, 3.05) is 6.54 Å². The standard InChI is InChI=1S/C16H28INS/c1-4-7-8-13(6-3)10-15(18-9-5-2)14-11-16(17)19-12-14/h11-13,15,18H,4-10H2,1-3H3. The van der Waals surface area contributed by atoms with E-state index in [1.54, 1.807) is 0 Å². The molecule has 110 valence electrons. The third-order valence-electron chi connectivity index (χ3n) is 3.74. The molecule has 0 fully saturated rings. The molecule has 1 N–H and O–H groups in total. The molecule has 2 unspecified atom stereocenters. The van der Waals surface area contributed by atoms with E-state index < -0.39 is 0 Å². The van der Waals surface area contributed by atoms with Crippen LogP contribution in [0.4, 0.5) is 0 Å². The van der Waals surface area contributed by atoms with E-state index in [1.165, 1.54) is 47.0 Å². The Hall–Kier alpha value is 0.390. The highest BCUT2D eigenvalue weighted by Gasteiger charge is 2.17. The molecule has 0 saturated heterocycles. The minimum absolute atomic E-state index is 0.557. The first-order chi connectivity index (χ1) is 9.21. The van der Waals surface area contributed by atoms with Crippen LogP contribution in [0.5, 0.6) is 0 Å². The van der Waals surface area contributed by atoms with Gasteiger partial charge in [0.05, 0.1) is 2.88 Å². The van der Waals surface area contributed by atoms with Gasteiger partial charge < -0.3 is 5.32 Å². The number of thiophene rings is 1. The summed E-state index contributed by atoms with van der Waals surface area (Å²) >= 11 is 4.29. The lowest BCUT2D eigenvalue weighted by atomic mass is 9.90. The van der Waals surface area contributed by atoms with Crippen LogP contribution in [-0.4, -0.2) is 6.54 Å². The summed E-state index contributed by atoms with van der Waals surface area (Å²) in [4.78, 5) is 0. The van der Waals surface area contributed by atoms with Gasteiger partial charge in [0.1, 0.15) is 0 Å². The normalized spacial score (nSPS) is 14.5. The Bertz CT molecular complexity index is 337. The van der Waals surface area contributed by atoms with Crippen LogP contribution in [0.2, 0.25) is 0 Å². The summed E-state index contributed by atoms with van der Waals surface area (Å²) in [7, 11) is 0. The third-order valence-corrected chi connectivity index (χ3v) is 5.55. The van der Waals surface area contributed by atoms with Crippen LogP contribution in [-0.2, 0) is 0 Å². The Morgan fingerprint density at radius 3 is 2.58 bits per heavy atom. The van der Waals surface area contributed by atoms with E-state index in [4.69, 9.17) is 0 Å². The molecule has 1 aromatic rings. The molecule has 0 amide bonds. The molecule has 0 aliphatic carbocycles. The van der Waals surface area contributed by atoms with Crippen molar-refractivity contribution in [2.24, 2.45) is 5.92 Å². The summed E-state index contributed by atoms with van der Waals surface area (Å²) in [5, 5.41) is 6.08. The van der Waals surface area contributed by atoms with E-state index in [-0.39, 0.29) is 0 Å². The number of halogens is 1. The number of hydrogen-bond acceptors (Lipinski definition) is 2. The highest BCUT2D eigenvalue weighted by molar-refractivity contribution is 14.1. The summed E-state index contributed by atoms with van der Waals surface area (Å²) in [6, 6.07) is 2.91. The fraction of sp³-hybridized carbons (Fsp3) is 0.750. The molecule has 0 radical (unpaired) electrons. The molecule has 1 aromatic heterocycles. The van der Waals surface area contributed by atoms with Gasteiger partial charge in [-0.05, 0) is 64.9 Å². The van der Waals surface area contributed by atoms with Crippen molar-refractivity contribution in [2.45, 2.75) is 65.3 Å². The quantitative estimate of drug-likeness (QED) is 0.481. The molecule has 19 heavy (non-hydrogen) atoms. The molecule has 3 heteroatoms. The lowest BCUT2D eigenvalue weighted by Gasteiger charge is -2.23. The Labute approximate surface area is 136 Å². The average Bonchev–Trinajstić information content (AvgIpc) is 2.84. The van der Waals surface area contributed by atoms with Crippen molar-refractivity contribution in [3.63, 3.8) is 0 Å². The minimum Gasteiger partial charge on any atom is -0.310 e. The van der Waals surface area contributed by atoms with Gasteiger partial charge in [-0.3, -0.25) is 0 Å². The molecule has 2 atom stereocenters. The topological polar surface area (TPSA) is 12.0 Å². The van der Waals surface area contributed by atoms with Crippen molar-refractivity contribution in [3.05, 3.63) is 19.9 Å². The molecule has 0 aromatic carbocycles. The largest absolute Gasteiger partial charge is 0.310 e. The van der Waals surface area contributed by atoms with Gasteiger partial charge in [-0.15, -0.1) is 11.3 Å². The van der Waals surface area contributed by atoms with Crippen molar-refractivity contribution in [3.8, 4) is 0 Å². The van der Waals surface area contributed by atoms with Gasteiger partial charge in [0, 0.05) is 6.04 Å². The molecule has 0 aliphatic rings. The van der Waals surface area contributed by atoms with E-state index in [9.17, 15) is 0 Å². The summed E-state index contributed by atoms with van der Waals surface area (Å²) < 4.78 is 1.40.